The highest BCUT2D eigenvalue weighted by Gasteiger charge is 2.18. The van der Waals surface area contributed by atoms with Crippen molar-refractivity contribution in [3.05, 3.63) is 35.1 Å². The molecule has 0 saturated carbocycles. The lowest BCUT2D eigenvalue weighted by Crippen LogP contribution is -1.95. The Morgan fingerprint density at radius 1 is 1.35 bits per heavy atom. The summed E-state index contributed by atoms with van der Waals surface area (Å²) in [4.78, 5) is 11.0. The summed E-state index contributed by atoms with van der Waals surface area (Å²) in [6.45, 7) is 1.29. The van der Waals surface area contributed by atoms with Crippen molar-refractivity contribution in [3.63, 3.8) is 0 Å². The van der Waals surface area contributed by atoms with Crippen molar-refractivity contribution in [2.24, 2.45) is 0 Å². The zero-order valence-corrected chi connectivity index (χ0v) is 11.0. The van der Waals surface area contributed by atoms with Crippen molar-refractivity contribution >= 4 is 5.97 Å². The summed E-state index contributed by atoms with van der Waals surface area (Å²) in [5.74, 6) is -0.986. The fourth-order valence-corrected chi connectivity index (χ4v) is 2.00. The van der Waals surface area contributed by atoms with Gasteiger partial charge in [-0.15, -0.1) is 0 Å². The lowest BCUT2D eigenvalue weighted by molar-refractivity contribution is 0.0662. The zero-order chi connectivity index (χ0) is 14.9. The number of hydrogen-bond acceptors (Lipinski definition) is 5. The van der Waals surface area contributed by atoms with Gasteiger partial charge in [-0.25, -0.2) is 4.79 Å². The molecular formula is C14H14O6. The number of ether oxygens (including phenoxy) is 1. The first-order valence-corrected chi connectivity index (χ1v) is 5.82. The average Bonchev–Trinajstić information content (AvgIpc) is 2.80. The molecule has 0 amide bonds. The third-order valence-corrected chi connectivity index (χ3v) is 2.92. The van der Waals surface area contributed by atoms with Crippen LogP contribution in [0.25, 0.3) is 11.3 Å². The number of phenolic OH excluding ortho intramolecular Hbond substituents is 1. The molecule has 0 aliphatic carbocycles. The largest absolute Gasteiger partial charge is 0.504 e. The highest BCUT2D eigenvalue weighted by Crippen LogP contribution is 2.36. The van der Waals surface area contributed by atoms with Crippen molar-refractivity contribution < 1.29 is 29.3 Å². The van der Waals surface area contributed by atoms with E-state index in [9.17, 15) is 15.0 Å². The smallest absolute Gasteiger partial charge is 0.372 e. The van der Waals surface area contributed by atoms with E-state index in [1.165, 1.54) is 13.2 Å². The fraction of sp³-hybridized carbons (Fsp3) is 0.214. The number of benzene rings is 1. The van der Waals surface area contributed by atoms with E-state index in [-0.39, 0.29) is 23.9 Å². The second-order valence-electron chi connectivity index (χ2n) is 4.27. The second-order valence-corrected chi connectivity index (χ2v) is 4.27. The predicted octanol–water partition coefficient (Wildman–Crippen LogP) is 2.16. The SMILES string of the molecule is COc1c(O)cc(-c2cc(C)c(C(=O)O)o2)cc1CO. The number of aromatic hydroxyl groups is 1. The third kappa shape index (κ3) is 2.33. The Morgan fingerprint density at radius 3 is 2.55 bits per heavy atom. The van der Waals surface area contributed by atoms with Crippen LogP contribution in [-0.4, -0.2) is 28.4 Å². The van der Waals surface area contributed by atoms with Crippen molar-refractivity contribution in [3.8, 4) is 22.8 Å². The first-order chi connectivity index (χ1) is 9.47. The number of rotatable bonds is 4. The van der Waals surface area contributed by atoms with E-state index in [4.69, 9.17) is 14.3 Å². The minimum absolute atomic E-state index is 0.152. The first kappa shape index (κ1) is 14.0. The Kier molecular flexibility index (Phi) is 3.67. The van der Waals surface area contributed by atoms with Crippen molar-refractivity contribution in [1.29, 1.82) is 0 Å². The maximum atomic E-state index is 11.0. The number of aryl methyl sites for hydroxylation is 1. The molecule has 0 unspecified atom stereocenters. The molecule has 3 N–H and O–H groups in total. The van der Waals surface area contributed by atoms with Gasteiger partial charge in [0.1, 0.15) is 5.76 Å². The molecule has 1 heterocycles. The van der Waals surface area contributed by atoms with Crippen LogP contribution >= 0.6 is 0 Å². The molecule has 6 nitrogen and oxygen atoms in total. The molecule has 0 aliphatic rings. The van der Waals surface area contributed by atoms with E-state index in [1.54, 1.807) is 19.1 Å². The second kappa shape index (κ2) is 5.26. The summed E-state index contributed by atoms with van der Waals surface area (Å²) >= 11 is 0. The molecule has 2 aromatic rings. The van der Waals surface area contributed by atoms with Crippen molar-refractivity contribution in [2.75, 3.05) is 7.11 Å². The maximum absolute atomic E-state index is 11.0. The van der Waals surface area contributed by atoms with Crippen molar-refractivity contribution in [1.82, 2.24) is 0 Å². The lowest BCUT2D eigenvalue weighted by atomic mass is 10.1. The summed E-state index contributed by atoms with van der Waals surface area (Å²) in [5.41, 5.74) is 1.32. The Morgan fingerprint density at radius 2 is 2.05 bits per heavy atom. The quantitative estimate of drug-likeness (QED) is 0.792. The van der Waals surface area contributed by atoms with Crippen LogP contribution in [0.5, 0.6) is 11.5 Å². The number of methoxy groups -OCH3 is 1. The number of carboxylic acids is 1. The van der Waals surface area contributed by atoms with Crippen LogP contribution in [0.15, 0.2) is 22.6 Å². The topological polar surface area (TPSA) is 100 Å². The molecule has 0 radical (unpaired) electrons. The highest BCUT2D eigenvalue weighted by molar-refractivity contribution is 5.87. The molecule has 0 fully saturated rings. The van der Waals surface area contributed by atoms with Crippen LogP contribution < -0.4 is 4.74 Å². The Balaban J connectivity index is 2.56. The first-order valence-electron chi connectivity index (χ1n) is 5.82. The summed E-state index contributed by atoms with van der Waals surface area (Å²) in [6.07, 6.45) is 0. The van der Waals surface area contributed by atoms with Crippen LogP contribution in [0.1, 0.15) is 21.7 Å². The van der Waals surface area contributed by atoms with Gasteiger partial charge in [0.05, 0.1) is 13.7 Å². The normalized spacial score (nSPS) is 10.6. The van der Waals surface area contributed by atoms with Crippen LogP contribution in [0, 0.1) is 6.92 Å². The third-order valence-electron chi connectivity index (χ3n) is 2.92. The Bertz CT molecular complexity index is 656. The number of aliphatic hydroxyl groups excluding tert-OH is 1. The average molecular weight is 278 g/mol. The van der Waals surface area contributed by atoms with Gasteiger partial charge in [0, 0.05) is 16.7 Å². The summed E-state index contributed by atoms with van der Waals surface area (Å²) in [6, 6.07) is 4.52. The number of phenols is 1. The molecular weight excluding hydrogens is 264 g/mol. The monoisotopic (exact) mass is 278 g/mol. The Hall–Kier alpha value is -2.47. The molecule has 0 atom stereocenters. The number of aliphatic hydroxyl groups is 1. The summed E-state index contributed by atoms with van der Waals surface area (Å²) in [5, 5.41) is 28.1. The molecule has 0 spiro atoms. The van der Waals surface area contributed by atoms with Gasteiger partial charge in [-0.05, 0) is 25.1 Å². The van der Waals surface area contributed by atoms with E-state index < -0.39 is 5.97 Å². The number of hydrogen-bond donors (Lipinski definition) is 3. The van der Waals surface area contributed by atoms with E-state index in [1.807, 2.05) is 0 Å². The van der Waals surface area contributed by atoms with E-state index >= 15 is 0 Å². The minimum atomic E-state index is -1.16. The lowest BCUT2D eigenvalue weighted by Gasteiger charge is -2.10. The number of carboxylic acid groups (broad SMARTS) is 1. The summed E-state index contributed by atoms with van der Waals surface area (Å²) < 4.78 is 10.2. The van der Waals surface area contributed by atoms with Gasteiger partial charge in [0.2, 0.25) is 5.76 Å². The zero-order valence-electron chi connectivity index (χ0n) is 11.0. The molecule has 0 saturated heterocycles. The van der Waals surface area contributed by atoms with Crippen LogP contribution in [0.3, 0.4) is 0 Å². The standard InChI is InChI=1S/C14H14O6/c1-7-3-11(20-12(7)14(17)18)8-4-9(6-15)13(19-2)10(16)5-8/h3-5,15-16H,6H2,1-2H3,(H,17,18). The molecule has 0 aliphatic heterocycles. The van der Waals surface area contributed by atoms with Crippen molar-refractivity contribution in [2.45, 2.75) is 13.5 Å². The van der Waals surface area contributed by atoms with Crippen LogP contribution in [0.2, 0.25) is 0 Å². The molecule has 1 aromatic heterocycles. The van der Waals surface area contributed by atoms with Gasteiger partial charge in [-0.1, -0.05) is 0 Å². The maximum Gasteiger partial charge on any atom is 0.372 e. The van der Waals surface area contributed by atoms with E-state index in [0.29, 0.717) is 22.5 Å². The highest BCUT2D eigenvalue weighted by atomic mass is 16.5. The summed E-state index contributed by atoms with van der Waals surface area (Å²) in [7, 11) is 1.38. The molecule has 6 heteroatoms. The van der Waals surface area contributed by atoms with Gasteiger partial charge < -0.3 is 24.5 Å². The van der Waals surface area contributed by atoms with Gasteiger partial charge in [-0.2, -0.15) is 0 Å². The molecule has 0 bridgehead atoms. The predicted molar refractivity (Wildman–Crippen MR) is 70.0 cm³/mol. The molecule has 2 rings (SSSR count). The molecule has 20 heavy (non-hydrogen) atoms. The van der Waals surface area contributed by atoms with Gasteiger partial charge in [-0.3, -0.25) is 0 Å². The number of aromatic carboxylic acids is 1. The van der Waals surface area contributed by atoms with E-state index in [0.717, 1.165) is 0 Å². The minimum Gasteiger partial charge on any atom is -0.504 e. The van der Waals surface area contributed by atoms with Crippen LogP contribution in [0.4, 0.5) is 0 Å². The number of furan rings is 1. The fourth-order valence-electron chi connectivity index (χ4n) is 2.00. The Labute approximate surface area is 114 Å². The molecule has 1 aromatic carbocycles. The molecule has 106 valence electrons. The van der Waals surface area contributed by atoms with Gasteiger partial charge in [0.15, 0.2) is 11.5 Å². The van der Waals surface area contributed by atoms with Gasteiger partial charge in [0.25, 0.3) is 0 Å². The van der Waals surface area contributed by atoms with Crippen LogP contribution in [-0.2, 0) is 6.61 Å². The van der Waals surface area contributed by atoms with E-state index in [2.05, 4.69) is 0 Å². The van der Waals surface area contributed by atoms with Gasteiger partial charge >= 0.3 is 5.97 Å². The number of carbonyl (C=O) groups is 1.